The van der Waals surface area contributed by atoms with Gasteiger partial charge in [0.15, 0.2) is 5.82 Å². The van der Waals surface area contributed by atoms with Crippen LogP contribution in [0.2, 0.25) is 0 Å². The Labute approximate surface area is 190 Å². The minimum atomic E-state index is -0.226. The highest BCUT2D eigenvalue weighted by molar-refractivity contribution is 5.93. The molecule has 1 amide bonds. The molecule has 0 aromatic carbocycles. The third kappa shape index (κ3) is 5.32. The van der Waals surface area contributed by atoms with Crippen molar-refractivity contribution in [3.63, 3.8) is 0 Å². The molecule has 11 heteroatoms. The van der Waals surface area contributed by atoms with Crippen LogP contribution in [0.15, 0.2) is 30.7 Å². The number of fused-ring (bicyclic) bond motifs is 1. The molecule has 11 nitrogen and oxygen atoms in total. The Hall–Kier alpha value is -3.86. The minimum Gasteiger partial charge on any atom is -0.491 e. The average Bonchev–Trinajstić information content (AvgIpc) is 3.31. The molecule has 172 valence electrons. The van der Waals surface area contributed by atoms with Gasteiger partial charge in [-0.1, -0.05) is 0 Å². The quantitative estimate of drug-likeness (QED) is 0.489. The highest BCUT2D eigenvalue weighted by atomic mass is 16.5. The van der Waals surface area contributed by atoms with Gasteiger partial charge in [0.1, 0.15) is 23.9 Å². The number of pyridine rings is 1. The fraction of sp³-hybridized carbons (Fsp3) is 0.364. The lowest BCUT2D eigenvalue weighted by atomic mass is 10.2. The molecule has 33 heavy (non-hydrogen) atoms. The van der Waals surface area contributed by atoms with Gasteiger partial charge >= 0.3 is 6.01 Å². The first kappa shape index (κ1) is 22.3. The molecule has 0 fully saturated rings. The van der Waals surface area contributed by atoms with Gasteiger partial charge < -0.3 is 24.8 Å². The van der Waals surface area contributed by atoms with Crippen molar-refractivity contribution in [1.29, 1.82) is 0 Å². The van der Waals surface area contributed by atoms with Crippen LogP contribution in [0.3, 0.4) is 0 Å². The number of methoxy groups -OCH3 is 1. The Morgan fingerprint density at radius 3 is 2.79 bits per heavy atom. The highest BCUT2D eigenvalue weighted by Gasteiger charge is 2.23. The van der Waals surface area contributed by atoms with E-state index in [0.29, 0.717) is 28.8 Å². The number of amides is 1. The third-order valence-corrected chi connectivity index (χ3v) is 5.07. The molecule has 0 saturated carbocycles. The van der Waals surface area contributed by atoms with Crippen molar-refractivity contribution in [2.75, 3.05) is 44.1 Å². The van der Waals surface area contributed by atoms with E-state index in [0.717, 1.165) is 30.5 Å². The lowest BCUT2D eigenvalue weighted by Crippen LogP contribution is -2.31. The van der Waals surface area contributed by atoms with Crippen LogP contribution in [-0.4, -0.2) is 69.8 Å². The zero-order chi connectivity index (χ0) is 23.2. The number of rotatable bonds is 9. The number of hydrogen-bond donors (Lipinski definition) is 2. The van der Waals surface area contributed by atoms with Gasteiger partial charge in [-0.2, -0.15) is 0 Å². The molecule has 4 rings (SSSR count). The number of aliphatic hydroxyl groups is 1. The van der Waals surface area contributed by atoms with Gasteiger partial charge in [-0.3, -0.25) is 9.78 Å². The average molecular weight is 451 g/mol. The van der Waals surface area contributed by atoms with Crippen LogP contribution in [0.1, 0.15) is 17.7 Å². The molecule has 0 radical (unpaired) electrons. The van der Waals surface area contributed by atoms with Crippen LogP contribution < -0.4 is 19.7 Å². The number of nitrogens with one attached hydrogen (secondary N) is 1. The third-order valence-electron chi connectivity index (χ3n) is 5.07. The first-order valence-corrected chi connectivity index (χ1v) is 10.5. The molecule has 0 atom stereocenters. The molecule has 1 aliphatic rings. The van der Waals surface area contributed by atoms with E-state index in [2.05, 4.69) is 20.3 Å². The molecular formula is C22H25N7O4. The Kier molecular flexibility index (Phi) is 6.89. The second kappa shape index (κ2) is 10.2. The largest absolute Gasteiger partial charge is 0.491 e. The summed E-state index contributed by atoms with van der Waals surface area (Å²) in [5.74, 6) is 1.53. The number of aliphatic hydroxyl groups excluding tert-OH is 1. The van der Waals surface area contributed by atoms with Crippen molar-refractivity contribution < 1.29 is 19.4 Å². The predicted molar refractivity (Wildman–Crippen MR) is 120 cm³/mol. The molecule has 0 spiro atoms. The van der Waals surface area contributed by atoms with Crippen molar-refractivity contribution >= 4 is 17.4 Å². The standard InChI is InChI=1S/C22H25N7O4/c1-29(13-19(31)26-14-11-24-22(32-2)25-12-14)21-16-4-3-5-17(16)27-20(28-21)18-10-15(6-7-23-18)33-9-8-30/h6-7,10-12,30H,3-5,8-9,13H2,1-2H3,(H,26,31). The minimum absolute atomic E-state index is 0.0767. The number of carbonyl (C=O) groups is 1. The van der Waals surface area contributed by atoms with E-state index in [1.165, 1.54) is 19.5 Å². The SMILES string of the molecule is COc1ncc(NC(=O)CN(C)c2nc(-c3cc(OCCO)ccn3)nc3c2CCC3)cn1. The van der Waals surface area contributed by atoms with E-state index < -0.39 is 0 Å². The summed E-state index contributed by atoms with van der Waals surface area (Å²) < 4.78 is 10.4. The smallest absolute Gasteiger partial charge is 0.316 e. The summed E-state index contributed by atoms with van der Waals surface area (Å²) in [5.41, 5.74) is 3.06. The van der Waals surface area contributed by atoms with Crippen molar-refractivity contribution in [3.8, 4) is 23.3 Å². The van der Waals surface area contributed by atoms with E-state index in [1.54, 1.807) is 23.2 Å². The highest BCUT2D eigenvalue weighted by Crippen LogP contribution is 2.31. The number of nitrogens with zero attached hydrogens (tertiary/aromatic N) is 6. The number of hydrogen-bond acceptors (Lipinski definition) is 10. The molecule has 3 aromatic heterocycles. The summed E-state index contributed by atoms with van der Waals surface area (Å²) in [6.07, 6.45) is 7.28. The molecule has 0 saturated heterocycles. The van der Waals surface area contributed by atoms with E-state index in [4.69, 9.17) is 24.5 Å². The maximum atomic E-state index is 12.6. The first-order chi connectivity index (χ1) is 16.1. The molecule has 2 N–H and O–H groups in total. The van der Waals surface area contributed by atoms with Gasteiger partial charge in [-0.15, -0.1) is 0 Å². The number of anilines is 2. The molecule has 1 aliphatic carbocycles. The number of aromatic nitrogens is 5. The number of aryl methyl sites for hydroxylation is 1. The predicted octanol–water partition coefficient (Wildman–Crippen LogP) is 1.27. The van der Waals surface area contributed by atoms with Gasteiger partial charge in [0, 0.05) is 30.6 Å². The Balaban J connectivity index is 1.54. The monoisotopic (exact) mass is 451 g/mol. The lowest BCUT2D eigenvalue weighted by molar-refractivity contribution is -0.114. The van der Waals surface area contributed by atoms with Crippen LogP contribution in [0.5, 0.6) is 11.8 Å². The summed E-state index contributed by atoms with van der Waals surface area (Å²) >= 11 is 0. The van der Waals surface area contributed by atoms with Gasteiger partial charge in [0.25, 0.3) is 0 Å². The normalized spacial score (nSPS) is 12.2. The summed E-state index contributed by atoms with van der Waals surface area (Å²) in [6.45, 7) is 0.200. The summed E-state index contributed by atoms with van der Waals surface area (Å²) in [5, 5.41) is 11.8. The molecule has 0 unspecified atom stereocenters. The van der Waals surface area contributed by atoms with Crippen LogP contribution in [0.25, 0.3) is 11.5 Å². The zero-order valence-corrected chi connectivity index (χ0v) is 18.5. The molecule has 0 bridgehead atoms. The molecular weight excluding hydrogens is 426 g/mol. The maximum absolute atomic E-state index is 12.6. The summed E-state index contributed by atoms with van der Waals surface area (Å²) in [7, 11) is 3.30. The number of ether oxygens (including phenoxy) is 2. The van der Waals surface area contributed by atoms with Crippen molar-refractivity contribution in [2.24, 2.45) is 0 Å². The van der Waals surface area contributed by atoms with Crippen LogP contribution in [0, 0.1) is 0 Å². The van der Waals surface area contributed by atoms with E-state index in [-0.39, 0.29) is 31.7 Å². The van der Waals surface area contributed by atoms with E-state index in [9.17, 15) is 4.79 Å². The fourth-order valence-electron chi connectivity index (χ4n) is 3.61. The molecule has 3 heterocycles. The van der Waals surface area contributed by atoms with Crippen molar-refractivity contribution in [3.05, 3.63) is 42.0 Å². The lowest BCUT2D eigenvalue weighted by Gasteiger charge is -2.21. The van der Waals surface area contributed by atoms with Gasteiger partial charge in [-0.05, 0) is 25.3 Å². The second-order valence-corrected chi connectivity index (χ2v) is 7.46. The Morgan fingerprint density at radius 1 is 1.21 bits per heavy atom. The number of likely N-dealkylation sites (N-methyl/N-ethyl adjacent to an activating group) is 1. The van der Waals surface area contributed by atoms with Crippen molar-refractivity contribution in [2.45, 2.75) is 19.3 Å². The Morgan fingerprint density at radius 2 is 2.03 bits per heavy atom. The van der Waals surface area contributed by atoms with Crippen LogP contribution in [0.4, 0.5) is 11.5 Å². The van der Waals surface area contributed by atoms with Gasteiger partial charge in [-0.25, -0.2) is 19.9 Å². The van der Waals surface area contributed by atoms with Crippen LogP contribution >= 0.6 is 0 Å². The summed E-state index contributed by atoms with van der Waals surface area (Å²) in [4.78, 5) is 36.3. The molecule has 3 aromatic rings. The van der Waals surface area contributed by atoms with Crippen LogP contribution in [-0.2, 0) is 17.6 Å². The second-order valence-electron chi connectivity index (χ2n) is 7.46. The topological polar surface area (TPSA) is 135 Å². The zero-order valence-electron chi connectivity index (χ0n) is 18.5. The van der Waals surface area contributed by atoms with E-state index in [1.807, 2.05) is 7.05 Å². The Bertz CT molecular complexity index is 1120. The maximum Gasteiger partial charge on any atom is 0.316 e. The van der Waals surface area contributed by atoms with Gasteiger partial charge in [0.05, 0.1) is 38.3 Å². The van der Waals surface area contributed by atoms with Gasteiger partial charge in [0.2, 0.25) is 5.91 Å². The number of carbonyl (C=O) groups excluding carboxylic acids is 1. The first-order valence-electron chi connectivity index (χ1n) is 10.5. The van der Waals surface area contributed by atoms with E-state index >= 15 is 0 Å². The fourth-order valence-corrected chi connectivity index (χ4v) is 3.61. The molecule has 0 aliphatic heterocycles. The van der Waals surface area contributed by atoms with Crippen molar-refractivity contribution in [1.82, 2.24) is 24.9 Å². The summed E-state index contributed by atoms with van der Waals surface area (Å²) in [6, 6.07) is 3.69.